The number of carbonyl (C=O) groups excluding carboxylic acids is 1. The fourth-order valence-corrected chi connectivity index (χ4v) is 2.82. The highest BCUT2D eigenvalue weighted by Gasteiger charge is 2.13. The Labute approximate surface area is 124 Å². The van der Waals surface area contributed by atoms with Crippen LogP contribution in [0.25, 0.3) is 10.2 Å². The molecule has 7 heteroatoms. The first-order valence-corrected chi connectivity index (χ1v) is 6.94. The Bertz CT molecular complexity index is 801. The number of aromatic nitrogens is 2. The highest BCUT2D eigenvalue weighted by atomic mass is 32.1. The van der Waals surface area contributed by atoms with Gasteiger partial charge in [-0.2, -0.15) is 0 Å². The van der Waals surface area contributed by atoms with Crippen molar-refractivity contribution in [1.29, 1.82) is 0 Å². The van der Waals surface area contributed by atoms with Gasteiger partial charge in [-0.3, -0.25) is 15.1 Å². The number of anilines is 2. The molecule has 1 aromatic carbocycles. The number of benzene rings is 1. The molecule has 3 aromatic rings. The van der Waals surface area contributed by atoms with Crippen LogP contribution in [0.1, 0.15) is 10.4 Å². The normalized spacial score (nSPS) is 10.5. The van der Waals surface area contributed by atoms with Crippen molar-refractivity contribution >= 4 is 38.3 Å². The molecule has 3 N–H and O–H groups in total. The van der Waals surface area contributed by atoms with E-state index in [9.17, 15) is 4.79 Å². The largest absolute Gasteiger partial charge is 0.494 e. The van der Waals surface area contributed by atoms with Gasteiger partial charge in [0.05, 0.1) is 17.4 Å². The summed E-state index contributed by atoms with van der Waals surface area (Å²) >= 11 is 1.34. The third-order valence-electron chi connectivity index (χ3n) is 2.85. The van der Waals surface area contributed by atoms with Crippen molar-refractivity contribution in [1.82, 2.24) is 9.97 Å². The number of nitrogen functional groups attached to an aromatic ring is 1. The van der Waals surface area contributed by atoms with Crippen LogP contribution >= 0.6 is 11.3 Å². The van der Waals surface area contributed by atoms with E-state index in [1.165, 1.54) is 17.5 Å². The molecule has 0 fully saturated rings. The minimum Gasteiger partial charge on any atom is -0.494 e. The van der Waals surface area contributed by atoms with Gasteiger partial charge in [0.1, 0.15) is 11.3 Å². The van der Waals surface area contributed by atoms with Crippen LogP contribution in [0.2, 0.25) is 0 Å². The van der Waals surface area contributed by atoms with Gasteiger partial charge in [0.25, 0.3) is 5.91 Å². The number of nitrogens with zero attached hydrogens (tertiary/aromatic N) is 2. The van der Waals surface area contributed by atoms with Crippen LogP contribution in [-0.2, 0) is 0 Å². The van der Waals surface area contributed by atoms with E-state index in [-0.39, 0.29) is 5.91 Å². The SMILES string of the molecule is COc1cc(N)cc2sc(NC(=O)c3cccnc3)nc12. The first-order valence-electron chi connectivity index (χ1n) is 6.13. The molecule has 0 aliphatic carbocycles. The fraction of sp³-hybridized carbons (Fsp3) is 0.0714. The van der Waals surface area contributed by atoms with Gasteiger partial charge in [0, 0.05) is 24.1 Å². The Balaban J connectivity index is 1.93. The summed E-state index contributed by atoms with van der Waals surface area (Å²) in [7, 11) is 1.56. The molecule has 2 aromatic heterocycles. The number of pyridine rings is 1. The lowest BCUT2D eigenvalue weighted by Crippen LogP contribution is -2.11. The molecule has 6 nitrogen and oxygen atoms in total. The summed E-state index contributed by atoms with van der Waals surface area (Å²) < 4.78 is 6.11. The molecule has 0 bridgehead atoms. The molecule has 106 valence electrons. The first-order chi connectivity index (χ1) is 10.2. The minimum absolute atomic E-state index is 0.255. The van der Waals surface area contributed by atoms with Crippen molar-refractivity contribution in [3.63, 3.8) is 0 Å². The summed E-state index contributed by atoms with van der Waals surface area (Å²) in [4.78, 5) is 20.4. The second-order valence-corrected chi connectivity index (χ2v) is 5.32. The summed E-state index contributed by atoms with van der Waals surface area (Å²) in [6.45, 7) is 0. The number of ether oxygens (including phenoxy) is 1. The number of nitrogens with two attached hydrogens (primary N) is 1. The molecule has 0 spiro atoms. The number of hydrogen-bond donors (Lipinski definition) is 2. The van der Waals surface area contributed by atoms with E-state index in [4.69, 9.17) is 10.5 Å². The quantitative estimate of drug-likeness (QED) is 0.725. The molecule has 0 saturated carbocycles. The van der Waals surface area contributed by atoms with E-state index in [1.807, 2.05) is 0 Å². The molecule has 1 amide bonds. The van der Waals surface area contributed by atoms with E-state index in [0.29, 0.717) is 27.6 Å². The molecule has 0 radical (unpaired) electrons. The number of carbonyl (C=O) groups is 1. The maximum Gasteiger partial charge on any atom is 0.259 e. The van der Waals surface area contributed by atoms with Crippen LogP contribution in [0, 0.1) is 0 Å². The zero-order valence-electron chi connectivity index (χ0n) is 11.2. The average Bonchev–Trinajstić information content (AvgIpc) is 2.89. The standard InChI is InChI=1S/C14H12N4O2S/c1-20-10-5-9(15)6-11-12(10)17-14(21-11)18-13(19)8-3-2-4-16-7-8/h2-7H,15H2,1H3,(H,17,18,19). The zero-order valence-corrected chi connectivity index (χ0v) is 12.0. The van der Waals surface area contributed by atoms with Crippen LogP contribution in [0.4, 0.5) is 10.8 Å². The monoisotopic (exact) mass is 300 g/mol. The van der Waals surface area contributed by atoms with Gasteiger partial charge in [0.15, 0.2) is 5.13 Å². The lowest BCUT2D eigenvalue weighted by Gasteiger charge is -2.01. The maximum absolute atomic E-state index is 12.1. The Kier molecular flexibility index (Phi) is 3.41. The zero-order chi connectivity index (χ0) is 14.8. The van der Waals surface area contributed by atoms with Crippen LogP contribution in [0.15, 0.2) is 36.7 Å². The highest BCUT2D eigenvalue weighted by Crippen LogP contribution is 2.34. The number of thiazole rings is 1. The second kappa shape index (κ2) is 5.37. The van der Waals surface area contributed by atoms with Crippen molar-refractivity contribution < 1.29 is 9.53 Å². The van der Waals surface area contributed by atoms with Gasteiger partial charge >= 0.3 is 0 Å². The predicted octanol–water partition coefficient (Wildman–Crippen LogP) is 2.53. The van der Waals surface area contributed by atoms with Gasteiger partial charge < -0.3 is 10.5 Å². The fourth-order valence-electron chi connectivity index (χ4n) is 1.89. The van der Waals surface area contributed by atoms with Crippen molar-refractivity contribution in [2.24, 2.45) is 0 Å². The molecular formula is C14H12N4O2S. The van der Waals surface area contributed by atoms with Crippen LogP contribution < -0.4 is 15.8 Å². The van der Waals surface area contributed by atoms with Gasteiger partial charge in [-0.1, -0.05) is 11.3 Å². The Hall–Kier alpha value is -2.67. The number of fused-ring (bicyclic) bond motifs is 1. The van der Waals surface area contributed by atoms with Gasteiger partial charge in [-0.25, -0.2) is 4.98 Å². The summed E-state index contributed by atoms with van der Waals surface area (Å²) in [6.07, 6.45) is 3.11. The van der Waals surface area contributed by atoms with Gasteiger partial charge in [0.2, 0.25) is 0 Å². The Morgan fingerprint density at radius 1 is 1.43 bits per heavy atom. The van der Waals surface area contributed by atoms with Crippen molar-refractivity contribution in [3.8, 4) is 5.75 Å². The first kappa shape index (κ1) is 13.3. The number of methoxy groups -OCH3 is 1. The topological polar surface area (TPSA) is 90.1 Å². The van der Waals surface area contributed by atoms with E-state index in [0.717, 1.165) is 4.70 Å². The molecule has 0 unspecified atom stereocenters. The molecule has 2 heterocycles. The molecular weight excluding hydrogens is 288 g/mol. The summed E-state index contributed by atoms with van der Waals surface area (Å²) in [5.41, 5.74) is 7.55. The number of hydrogen-bond acceptors (Lipinski definition) is 6. The summed E-state index contributed by atoms with van der Waals surface area (Å²) in [6, 6.07) is 6.90. The lowest BCUT2D eigenvalue weighted by molar-refractivity contribution is 0.102. The Morgan fingerprint density at radius 3 is 3.00 bits per heavy atom. The maximum atomic E-state index is 12.1. The minimum atomic E-state index is -0.255. The van der Waals surface area contributed by atoms with Crippen molar-refractivity contribution in [2.45, 2.75) is 0 Å². The third kappa shape index (κ3) is 2.63. The van der Waals surface area contributed by atoms with E-state index >= 15 is 0 Å². The van der Waals surface area contributed by atoms with Crippen molar-refractivity contribution in [3.05, 3.63) is 42.2 Å². The van der Waals surface area contributed by atoms with Crippen LogP contribution in [0.5, 0.6) is 5.75 Å². The van der Waals surface area contributed by atoms with E-state index in [1.54, 1.807) is 37.6 Å². The van der Waals surface area contributed by atoms with E-state index in [2.05, 4.69) is 15.3 Å². The number of amides is 1. The molecule has 3 rings (SSSR count). The second-order valence-electron chi connectivity index (χ2n) is 4.28. The molecule has 0 saturated heterocycles. The van der Waals surface area contributed by atoms with Crippen molar-refractivity contribution in [2.75, 3.05) is 18.2 Å². The summed E-state index contributed by atoms with van der Waals surface area (Å²) in [5.74, 6) is 0.331. The number of rotatable bonds is 3. The molecule has 0 atom stereocenters. The Morgan fingerprint density at radius 2 is 2.29 bits per heavy atom. The third-order valence-corrected chi connectivity index (χ3v) is 3.76. The average molecular weight is 300 g/mol. The number of nitrogens with one attached hydrogen (secondary N) is 1. The molecule has 0 aliphatic rings. The van der Waals surface area contributed by atoms with Gasteiger partial charge in [-0.05, 0) is 18.2 Å². The summed E-state index contributed by atoms with van der Waals surface area (Å²) in [5, 5.41) is 3.24. The molecule has 21 heavy (non-hydrogen) atoms. The lowest BCUT2D eigenvalue weighted by atomic mass is 10.3. The predicted molar refractivity (Wildman–Crippen MR) is 82.8 cm³/mol. The van der Waals surface area contributed by atoms with Gasteiger partial charge in [-0.15, -0.1) is 0 Å². The van der Waals surface area contributed by atoms with Crippen LogP contribution in [0.3, 0.4) is 0 Å². The smallest absolute Gasteiger partial charge is 0.259 e. The van der Waals surface area contributed by atoms with Crippen LogP contribution in [-0.4, -0.2) is 23.0 Å². The molecule has 0 aliphatic heterocycles. The van der Waals surface area contributed by atoms with E-state index < -0.39 is 0 Å². The highest BCUT2D eigenvalue weighted by molar-refractivity contribution is 7.22.